The van der Waals surface area contributed by atoms with Crippen molar-refractivity contribution in [3.8, 4) is 0 Å². The molecule has 0 radical (unpaired) electrons. The molecule has 0 aliphatic rings. The summed E-state index contributed by atoms with van der Waals surface area (Å²) in [5.41, 5.74) is 2.93. The van der Waals surface area contributed by atoms with Crippen LogP contribution in [-0.4, -0.2) is 17.4 Å². The van der Waals surface area contributed by atoms with Crippen LogP contribution in [0.1, 0.15) is 26.7 Å². The van der Waals surface area contributed by atoms with Crippen molar-refractivity contribution in [3.63, 3.8) is 0 Å². The third kappa shape index (κ3) is 3.74. The second kappa shape index (κ2) is 6.35. The summed E-state index contributed by atoms with van der Waals surface area (Å²) in [6, 6.07) is 15.1. The van der Waals surface area contributed by atoms with E-state index in [9.17, 15) is 4.79 Å². The van der Waals surface area contributed by atoms with Gasteiger partial charge in [-0.1, -0.05) is 39.0 Å². The highest BCUT2D eigenvalue weighted by Gasteiger charge is 2.21. The van der Waals surface area contributed by atoms with Gasteiger partial charge in [0.2, 0.25) is 11.8 Å². The Morgan fingerprint density at radius 3 is 2.54 bits per heavy atom. The fourth-order valence-electron chi connectivity index (χ4n) is 2.27. The molecule has 3 aromatic rings. The summed E-state index contributed by atoms with van der Waals surface area (Å²) in [6.45, 7) is 6.36. The van der Waals surface area contributed by atoms with E-state index in [2.05, 4.69) is 36.4 Å². The molecular formula is C19H21N3O2. The smallest absolute Gasteiger partial charge is 0.243 e. The van der Waals surface area contributed by atoms with Gasteiger partial charge in [0.15, 0.2) is 5.58 Å². The molecule has 0 atom stereocenters. The van der Waals surface area contributed by atoms with Gasteiger partial charge in [0.25, 0.3) is 0 Å². The van der Waals surface area contributed by atoms with Crippen LogP contribution in [0.25, 0.3) is 11.1 Å². The van der Waals surface area contributed by atoms with Crippen molar-refractivity contribution in [3.05, 3.63) is 54.4 Å². The number of para-hydroxylation sites is 1. The quantitative estimate of drug-likeness (QED) is 0.756. The van der Waals surface area contributed by atoms with E-state index >= 15 is 0 Å². The first-order chi connectivity index (χ1) is 11.4. The lowest BCUT2D eigenvalue weighted by Gasteiger charge is -2.11. The average Bonchev–Trinajstić information content (AvgIpc) is 2.97. The van der Waals surface area contributed by atoms with Gasteiger partial charge in [-0.25, -0.2) is 4.98 Å². The van der Waals surface area contributed by atoms with Crippen LogP contribution in [0.5, 0.6) is 0 Å². The minimum Gasteiger partial charge on any atom is -0.440 e. The Balaban J connectivity index is 1.67. The highest BCUT2D eigenvalue weighted by Crippen LogP contribution is 2.27. The Kier molecular flexibility index (Phi) is 4.25. The highest BCUT2D eigenvalue weighted by atomic mass is 16.3. The lowest BCUT2D eigenvalue weighted by molar-refractivity contribution is -0.114. The molecular weight excluding hydrogens is 302 g/mol. The van der Waals surface area contributed by atoms with E-state index in [1.165, 1.54) is 0 Å². The minimum absolute atomic E-state index is 0.113. The third-order valence-electron chi connectivity index (χ3n) is 3.54. The Bertz CT molecular complexity index is 848. The minimum atomic E-state index is -0.151. The van der Waals surface area contributed by atoms with E-state index < -0.39 is 0 Å². The van der Waals surface area contributed by atoms with Crippen LogP contribution in [0.2, 0.25) is 0 Å². The first kappa shape index (κ1) is 16.1. The topological polar surface area (TPSA) is 67.2 Å². The molecule has 124 valence electrons. The zero-order chi connectivity index (χ0) is 17.2. The number of fused-ring (bicyclic) bond motifs is 1. The number of anilines is 2. The van der Waals surface area contributed by atoms with Crippen LogP contribution in [0.15, 0.2) is 52.9 Å². The summed E-state index contributed by atoms with van der Waals surface area (Å²) in [7, 11) is 0. The Morgan fingerprint density at radius 1 is 1.08 bits per heavy atom. The summed E-state index contributed by atoms with van der Waals surface area (Å²) in [5, 5.41) is 5.95. The monoisotopic (exact) mass is 323 g/mol. The first-order valence-electron chi connectivity index (χ1n) is 7.92. The molecule has 0 saturated carbocycles. The number of benzene rings is 2. The van der Waals surface area contributed by atoms with E-state index in [1.54, 1.807) is 0 Å². The predicted octanol–water partition coefficient (Wildman–Crippen LogP) is 4.18. The molecule has 1 amide bonds. The zero-order valence-electron chi connectivity index (χ0n) is 14.1. The second-order valence-electron chi connectivity index (χ2n) is 6.72. The standard InChI is InChI=1S/C19H21N3O2/c1-19(2,3)18-22-15-11-14(9-10-16(15)24-18)21-17(23)12-20-13-7-5-4-6-8-13/h4-11,20H,12H2,1-3H3,(H,21,23). The maximum atomic E-state index is 12.1. The first-order valence-corrected chi connectivity index (χ1v) is 7.92. The normalized spacial score (nSPS) is 11.5. The number of hydrogen-bond acceptors (Lipinski definition) is 4. The average molecular weight is 323 g/mol. The molecule has 0 spiro atoms. The molecule has 1 aromatic heterocycles. The molecule has 2 N–H and O–H groups in total. The van der Waals surface area contributed by atoms with E-state index in [0.717, 1.165) is 16.8 Å². The van der Waals surface area contributed by atoms with E-state index in [1.807, 2.05) is 48.5 Å². The lowest BCUT2D eigenvalue weighted by atomic mass is 9.97. The molecule has 0 aliphatic heterocycles. The van der Waals surface area contributed by atoms with E-state index in [0.29, 0.717) is 11.6 Å². The molecule has 5 heteroatoms. The Morgan fingerprint density at radius 2 is 1.83 bits per heavy atom. The molecule has 24 heavy (non-hydrogen) atoms. The molecule has 2 aromatic carbocycles. The molecule has 0 saturated heterocycles. The van der Waals surface area contributed by atoms with E-state index in [4.69, 9.17) is 4.42 Å². The summed E-state index contributed by atoms with van der Waals surface area (Å²) in [4.78, 5) is 16.6. The van der Waals surface area contributed by atoms with Crippen LogP contribution < -0.4 is 10.6 Å². The van der Waals surface area contributed by atoms with Crippen molar-refractivity contribution >= 4 is 28.4 Å². The van der Waals surface area contributed by atoms with Crippen LogP contribution >= 0.6 is 0 Å². The van der Waals surface area contributed by atoms with Crippen molar-refractivity contribution in [1.29, 1.82) is 0 Å². The largest absolute Gasteiger partial charge is 0.440 e. The number of amides is 1. The maximum Gasteiger partial charge on any atom is 0.243 e. The van der Waals surface area contributed by atoms with Gasteiger partial charge in [0.1, 0.15) is 5.52 Å². The molecule has 3 rings (SSSR count). The van der Waals surface area contributed by atoms with Gasteiger partial charge >= 0.3 is 0 Å². The second-order valence-corrected chi connectivity index (χ2v) is 6.72. The Labute approximate surface area is 141 Å². The summed E-state index contributed by atoms with van der Waals surface area (Å²) in [6.07, 6.45) is 0. The van der Waals surface area contributed by atoms with Crippen LogP contribution in [-0.2, 0) is 10.2 Å². The number of oxazole rings is 1. The van der Waals surface area contributed by atoms with Crippen molar-refractivity contribution < 1.29 is 9.21 Å². The summed E-state index contributed by atoms with van der Waals surface area (Å²) < 4.78 is 5.76. The summed E-state index contributed by atoms with van der Waals surface area (Å²) >= 11 is 0. The fraction of sp³-hybridized carbons (Fsp3) is 0.263. The predicted molar refractivity (Wildman–Crippen MR) is 96.3 cm³/mol. The van der Waals surface area contributed by atoms with Crippen LogP contribution in [0.3, 0.4) is 0 Å². The van der Waals surface area contributed by atoms with Gasteiger partial charge in [-0.05, 0) is 30.3 Å². The number of rotatable bonds is 4. The number of nitrogens with zero attached hydrogens (tertiary/aromatic N) is 1. The van der Waals surface area contributed by atoms with Crippen molar-refractivity contribution in [2.75, 3.05) is 17.2 Å². The maximum absolute atomic E-state index is 12.1. The van der Waals surface area contributed by atoms with Gasteiger partial charge in [-0.3, -0.25) is 4.79 Å². The van der Waals surface area contributed by atoms with Crippen LogP contribution in [0, 0.1) is 0 Å². The van der Waals surface area contributed by atoms with Crippen molar-refractivity contribution in [2.45, 2.75) is 26.2 Å². The van der Waals surface area contributed by atoms with Gasteiger partial charge in [-0.15, -0.1) is 0 Å². The molecule has 1 heterocycles. The Hall–Kier alpha value is -2.82. The number of nitrogens with one attached hydrogen (secondary N) is 2. The number of hydrogen-bond donors (Lipinski definition) is 2. The number of carbonyl (C=O) groups is 1. The molecule has 0 unspecified atom stereocenters. The van der Waals surface area contributed by atoms with Gasteiger partial charge in [0.05, 0.1) is 6.54 Å². The van der Waals surface area contributed by atoms with E-state index in [-0.39, 0.29) is 17.9 Å². The molecule has 0 bridgehead atoms. The highest BCUT2D eigenvalue weighted by molar-refractivity contribution is 5.95. The van der Waals surface area contributed by atoms with Crippen LogP contribution in [0.4, 0.5) is 11.4 Å². The fourth-order valence-corrected chi connectivity index (χ4v) is 2.27. The van der Waals surface area contributed by atoms with Gasteiger partial charge in [-0.2, -0.15) is 0 Å². The van der Waals surface area contributed by atoms with Gasteiger partial charge in [0, 0.05) is 16.8 Å². The van der Waals surface area contributed by atoms with Crippen molar-refractivity contribution in [1.82, 2.24) is 4.98 Å². The molecule has 0 aliphatic carbocycles. The van der Waals surface area contributed by atoms with Crippen molar-refractivity contribution in [2.24, 2.45) is 0 Å². The molecule has 0 fully saturated rings. The van der Waals surface area contributed by atoms with Gasteiger partial charge < -0.3 is 15.1 Å². The molecule has 5 nitrogen and oxygen atoms in total. The zero-order valence-corrected chi connectivity index (χ0v) is 14.1. The third-order valence-corrected chi connectivity index (χ3v) is 3.54. The number of aromatic nitrogens is 1. The SMILES string of the molecule is CC(C)(C)c1nc2cc(NC(=O)CNc3ccccc3)ccc2o1. The lowest BCUT2D eigenvalue weighted by Crippen LogP contribution is -2.21. The summed E-state index contributed by atoms with van der Waals surface area (Å²) in [5.74, 6) is 0.574. The number of carbonyl (C=O) groups excluding carboxylic acids is 1.